The smallest absolute Gasteiger partial charge is 0.481 e. The molecule has 1 heterocycles. The van der Waals surface area contributed by atoms with E-state index in [1.165, 1.54) is 28.9 Å². The Kier molecular flexibility index (Phi) is 4.68. The summed E-state index contributed by atoms with van der Waals surface area (Å²) in [4.78, 5) is 10.6. The molecule has 122 valence electrons. The van der Waals surface area contributed by atoms with Gasteiger partial charge < -0.3 is 9.84 Å². The van der Waals surface area contributed by atoms with Gasteiger partial charge in [0.05, 0.1) is 18.7 Å². The summed E-state index contributed by atoms with van der Waals surface area (Å²) in [7, 11) is 0. The first kappa shape index (κ1) is 16.5. The summed E-state index contributed by atoms with van der Waals surface area (Å²) in [5.41, 5.74) is 0.959. The molecule has 2 N–H and O–H groups in total. The molecule has 1 aromatic carbocycles. The van der Waals surface area contributed by atoms with E-state index < -0.39 is 12.3 Å². The van der Waals surface area contributed by atoms with Crippen molar-refractivity contribution in [3.63, 3.8) is 0 Å². The number of nitrogens with zero attached hydrogens (tertiary/aromatic N) is 2. The third-order valence-electron chi connectivity index (χ3n) is 2.83. The highest BCUT2D eigenvalue weighted by Gasteiger charge is 2.30. The number of aryl methyl sites for hydroxylation is 1. The van der Waals surface area contributed by atoms with Gasteiger partial charge in [-0.05, 0) is 36.4 Å². The fourth-order valence-electron chi connectivity index (χ4n) is 1.81. The zero-order valence-electron chi connectivity index (χ0n) is 11.7. The number of ether oxygens (including phenoxy) is 1. The molecule has 0 aliphatic rings. The number of hydrogen-bond donors (Lipinski definition) is 2. The summed E-state index contributed by atoms with van der Waals surface area (Å²) >= 11 is 0. The van der Waals surface area contributed by atoms with Gasteiger partial charge in [-0.25, -0.2) is 4.68 Å². The molecule has 23 heavy (non-hydrogen) atoms. The fourth-order valence-corrected chi connectivity index (χ4v) is 1.81. The monoisotopic (exact) mass is 327 g/mol. The Balaban J connectivity index is 2.23. The van der Waals surface area contributed by atoms with Gasteiger partial charge in [0.25, 0.3) is 0 Å². The molecule has 0 fully saturated rings. The number of carboxylic acid groups (broad SMARTS) is 1. The number of alkyl halides is 3. The molecular formula is C14H12F3N3O3. The van der Waals surface area contributed by atoms with Crippen LogP contribution in [-0.2, 0) is 11.3 Å². The van der Waals surface area contributed by atoms with Crippen molar-refractivity contribution in [3.8, 4) is 17.0 Å². The zero-order chi connectivity index (χ0) is 17.0. The molecule has 0 unspecified atom stereocenters. The molecule has 1 aromatic heterocycles. The minimum atomic E-state index is -4.76. The van der Waals surface area contributed by atoms with Gasteiger partial charge >= 0.3 is 12.3 Å². The molecule has 2 aromatic rings. The average molecular weight is 327 g/mol. The number of aliphatic carboxylic acids is 1. The van der Waals surface area contributed by atoms with Crippen LogP contribution in [0.5, 0.6) is 5.75 Å². The van der Waals surface area contributed by atoms with Crippen molar-refractivity contribution in [1.82, 2.24) is 9.78 Å². The Morgan fingerprint density at radius 1 is 1.22 bits per heavy atom. The molecule has 0 amide bonds. The van der Waals surface area contributed by atoms with Gasteiger partial charge in [0.1, 0.15) is 11.2 Å². The molecule has 0 atom stereocenters. The Labute approximate surface area is 128 Å². The highest BCUT2D eigenvalue weighted by Crippen LogP contribution is 2.25. The van der Waals surface area contributed by atoms with E-state index >= 15 is 0 Å². The predicted octanol–water partition coefficient (Wildman–Crippen LogP) is 2.40. The first-order valence-electron chi connectivity index (χ1n) is 6.45. The topological polar surface area (TPSA) is 88.2 Å². The summed E-state index contributed by atoms with van der Waals surface area (Å²) in [6, 6.07) is 8.06. The van der Waals surface area contributed by atoms with E-state index in [0.29, 0.717) is 11.3 Å². The third-order valence-corrected chi connectivity index (χ3v) is 2.83. The number of carboxylic acids is 1. The van der Waals surface area contributed by atoms with Crippen molar-refractivity contribution < 1.29 is 27.8 Å². The van der Waals surface area contributed by atoms with E-state index in [4.69, 9.17) is 10.5 Å². The van der Waals surface area contributed by atoms with Gasteiger partial charge in [-0.15, -0.1) is 13.2 Å². The Bertz CT molecular complexity index is 754. The van der Waals surface area contributed by atoms with Crippen molar-refractivity contribution in [3.05, 3.63) is 41.9 Å². The van der Waals surface area contributed by atoms with E-state index in [1.807, 2.05) is 0 Å². The minimum absolute atomic E-state index is 0.0251. The van der Waals surface area contributed by atoms with Crippen LogP contribution < -0.4 is 10.2 Å². The van der Waals surface area contributed by atoms with Gasteiger partial charge in [-0.3, -0.25) is 10.2 Å². The van der Waals surface area contributed by atoms with Crippen LogP contribution in [-0.4, -0.2) is 27.2 Å². The van der Waals surface area contributed by atoms with Crippen LogP contribution in [0.1, 0.15) is 6.42 Å². The first-order chi connectivity index (χ1) is 10.7. The van der Waals surface area contributed by atoms with Crippen LogP contribution in [0.2, 0.25) is 0 Å². The number of rotatable bonds is 5. The minimum Gasteiger partial charge on any atom is -0.481 e. The summed E-state index contributed by atoms with van der Waals surface area (Å²) in [6.45, 7) is 0.0251. The van der Waals surface area contributed by atoms with Crippen molar-refractivity contribution in [2.75, 3.05) is 0 Å². The number of carbonyl (C=O) groups is 1. The Hall–Kier alpha value is -2.84. The Morgan fingerprint density at radius 2 is 1.87 bits per heavy atom. The molecule has 6 nitrogen and oxygen atoms in total. The van der Waals surface area contributed by atoms with Crippen LogP contribution >= 0.6 is 0 Å². The summed E-state index contributed by atoms with van der Waals surface area (Å²) < 4.78 is 41.3. The summed E-state index contributed by atoms with van der Waals surface area (Å²) in [6.07, 6.45) is -4.95. The lowest BCUT2D eigenvalue weighted by Gasteiger charge is -2.10. The SMILES string of the molecule is N=c1ccc(-c2ccc(OC(F)(F)F)cc2)nn1CCC(=O)O. The van der Waals surface area contributed by atoms with Crippen molar-refractivity contribution in [1.29, 1.82) is 5.41 Å². The molecule has 2 rings (SSSR count). The van der Waals surface area contributed by atoms with Gasteiger partial charge in [0, 0.05) is 5.56 Å². The van der Waals surface area contributed by atoms with Gasteiger partial charge in [-0.2, -0.15) is 5.10 Å². The third kappa shape index (κ3) is 4.83. The molecule has 0 saturated heterocycles. The van der Waals surface area contributed by atoms with Crippen molar-refractivity contribution in [2.24, 2.45) is 0 Å². The summed E-state index contributed by atoms with van der Waals surface area (Å²) in [5.74, 6) is -1.37. The second-order valence-electron chi connectivity index (χ2n) is 4.54. The Morgan fingerprint density at radius 3 is 2.43 bits per heavy atom. The lowest BCUT2D eigenvalue weighted by atomic mass is 10.1. The van der Waals surface area contributed by atoms with Crippen LogP contribution in [0.15, 0.2) is 36.4 Å². The molecular weight excluding hydrogens is 315 g/mol. The molecule has 0 aliphatic heterocycles. The second kappa shape index (κ2) is 6.51. The van der Waals surface area contributed by atoms with E-state index in [9.17, 15) is 18.0 Å². The first-order valence-corrected chi connectivity index (χ1v) is 6.45. The maximum absolute atomic E-state index is 12.1. The lowest BCUT2D eigenvalue weighted by Crippen LogP contribution is -2.23. The van der Waals surface area contributed by atoms with E-state index in [-0.39, 0.29) is 24.2 Å². The average Bonchev–Trinajstić information content (AvgIpc) is 2.45. The van der Waals surface area contributed by atoms with E-state index in [0.717, 1.165) is 12.1 Å². The summed E-state index contributed by atoms with van der Waals surface area (Å²) in [5, 5.41) is 20.5. The largest absolute Gasteiger partial charge is 0.573 e. The lowest BCUT2D eigenvalue weighted by molar-refractivity contribution is -0.274. The molecule has 0 saturated carbocycles. The standard InChI is InChI=1S/C14H12F3N3O3/c15-14(16,17)23-10-3-1-9(2-4-10)11-5-6-12(18)20(19-11)8-7-13(21)22/h1-6,18H,7-8H2,(H,21,22). The fraction of sp³-hybridized carbons (Fsp3) is 0.214. The zero-order valence-corrected chi connectivity index (χ0v) is 11.7. The number of aromatic nitrogens is 2. The second-order valence-corrected chi connectivity index (χ2v) is 4.54. The van der Waals surface area contributed by atoms with Crippen LogP contribution in [0.25, 0.3) is 11.3 Å². The number of hydrogen-bond acceptors (Lipinski definition) is 4. The normalized spacial score (nSPS) is 11.3. The molecule has 0 spiro atoms. The van der Waals surface area contributed by atoms with Gasteiger partial charge in [0.2, 0.25) is 0 Å². The van der Waals surface area contributed by atoms with Crippen LogP contribution in [0, 0.1) is 5.41 Å². The predicted molar refractivity (Wildman–Crippen MR) is 72.5 cm³/mol. The number of halogens is 3. The van der Waals surface area contributed by atoms with Crippen LogP contribution in [0.4, 0.5) is 13.2 Å². The number of benzene rings is 1. The van der Waals surface area contributed by atoms with Gasteiger partial charge in [0.15, 0.2) is 0 Å². The van der Waals surface area contributed by atoms with E-state index in [2.05, 4.69) is 9.84 Å². The van der Waals surface area contributed by atoms with Gasteiger partial charge in [-0.1, -0.05) is 0 Å². The quantitative estimate of drug-likeness (QED) is 0.882. The maximum atomic E-state index is 12.1. The molecule has 0 radical (unpaired) electrons. The van der Waals surface area contributed by atoms with Crippen molar-refractivity contribution >= 4 is 5.97 Å². The highest BCUT2D eigenvalue weighted by molar-refractivity contribution is 5.66. The molecule has 0 aliphatic carbocycles. The molecule has 9 heteroatoms. The van der Waals surface area contributed by atoms with Crippen molar-refractivity contribution in [2.45, 2.75) is 19.3 Å². The number of nitrogens with one attached hydrogen (secondary N) is 1. The maximum Gasteiger partial charge on any atom is 0.573 e. The van der Waals surface area contributed by atoms with E-state index in [1.54, 1.807) is 0 Å². The highest BCUT2D eigenvalue weighted by atomic mass is 19.4. The molecule has 0 bridgehead atoms. The van der Waals surface area contributed by atoms with Crippen LogP contribution in [0.3, 0.4) is 0 Å².